The van der Waals surface area contributed by atoms with E-state index in [4.69, 9.17) is 0 Å². The maximum atomic E-state index is 12.8. The van der Waals surface area contributed by atoms with E-state index in [0.717, 1.165) is 5.56 Å². The molecule has 3 nitrogen and oxygen atoms in total. The van der Waals surface area contributed by atoms with Crippen molar-refractivity contribution in [1.29, 1.82) is 0 Å². The maximum absolute atomic E-state index is 12.8. The number of aliphatic hydroxyl groups excluding tert-OH is 1. The van der Waals surface area contributed by atoms with Gasteiger partial charge in [0.05, 0.1) is 24.0 Å². The highest BCUT2D eigenvalue weighted by atomic mass is 19.4. The average Bonchev–Trinajstić information content (AvgIpc) is 2.95. The van der Waals surface area contributed by atoms with E-state index in [1.807, 2.05) is 0 Å². The van der Waals surface area contributed by atoms with Crippen molar-refractivity contribution in [2.75, 3.05) is 0 Å². The number of rotatable bonds is 4. The number of halogens is 4. The molecule has 1 fully saturated rings. The number of aliphatic hydroxyl groups is 1. The first-order valence-electron chi connectivity index (χ1n) is 7.26. The van der Waals surface area contributed by atoms with Crippen LogP contribution in [-0.4, -0.2) is 29.2 Å². The first kappa shape index (κ1) is 16.0. The molecule has 0 spiro atoms. The standard InChI is InChI=1S/C16H15F4NO2/c17-9-3-1-8(2-4-9)7-10-5-6-11(21-10)14(22)12-13(15(12)23)16(18,19)20/h1-5,11-13,15,21,23H,6-7H2. The average molecular weight is 329 g/mol. The number of nitrogens with one attached hydrogen (secondary N) is 1. The predicted octanol–water partition coefficient (Wildman–Crippen LogP) is 2.35. The third kappa shape index (κ3) is 3.24. The van der Waals surface area contributed by atoms with Gasteiger partial charge in [0.1, 0.15) is 5.82 Å². The van der Waals surface area contributed by atoms with Crippen molar-refractivity contribution in [3.05, 3.63) is 47.4 Å². The van der Waals surface area contributed by atoms with E-state index in [9.17, 15) is 27.5 Å². The lowest BCUT2D eigenvalue weighted by Crippen LogP contribution is -2.34. The van der Waals surface area contributed by atoms with Gasteiger partial charge in [0.2, 0.25) is 0 Å². The summed E-state index contributed by atoms with van der Waals surface area (Å²) >= 11 is 0. The van der Waals surface area contributed by atoms with E-state index in [-0.39, 0.29) is 5.82 Å². The van der Waals surface area contributed by atoms with Crippen LogP contribution in [0, 0.1) is 17.7 Å². The van der Waals surface area contributed by atoms with Crippen LogP contribution in [-0.2, 0) is 11.2 Å². The summed E-state index contributed by atoms with van der Waals surface area (Å²) in [5.41, 5.74) is 1.55. The maximum Gasteiger partial charge on any atom is 0.395 e. The van der Waals surface area contributed by atoms with E-state index in [2.05, 4.69) is 5.32 Å². The Morgan fingerprint density at radius 2 is 1.91 bits per heavy atom. The van der Waals surface area contributed by atoms with Crippen LogP contribution in [0.5, 0.6) is 0 Å². The Morgan fingerprint density at radius 1 is 1.26 bits per heavy atom. The molecule has 2 aliphatic rings. The van der Waals surface area contributed by atoms with Gasteiger partial charge < -0.3 is 10.4 Å². The van der Waals surface area contributed by atoms with Gasteiger partial charge >= 0.3 is 6.18 Å². The Balaban J connectivity index is 1.57. The van der Waals surface area contributed by atoms with Crippen LogP contribution in [0.2, 0.25) is 0 Å². The van der Waals surface area contributed by atoms with Gasteiger partial charge in [-0.15, -0.1) is 0 Å². The normalized spacial score (nSPS) is 29.9. The Kier molecular flexibility index (Phi) is 3.91. The molecule has 0 radical (unpaired) electrons. The summed E-state index contributed by atoms with van der Waals surface area (Å²) in [5.74, 6) is -4.27. The fourth-order valence-electron chi connectivity index (χ4n) is 3.00. The first-order chi connectivity index (χ1) is 10.8. The highest BCUT2D eigenvalue weighted by molar-refractivity contribution is 5.90. The molecular formula is C16H15F4NO2. The van der Waals surface area contributed by atoms with Gasteiger partial charge in [0.15, 0.2) is 5.78 Å². The zero-order chi connectivity index (χ0) is 16.8. The predicted molar refractivity (Wildman–Crippen MR) is 73.8 cm³/mol. The van der Waals surface area contributed by atoms with Crippen molar-refractivity contribution >= 4 is 5.78 Å². The number of carbonyl (C=O) groups excluding carboxylic acids is 1. The van der Waals surface area contributed by atoms with Crippen LogP contribution in [0.4, 0.5) is 17.6 Å². The molecule has 1 saturated carbocycles. The highest BCUT2D eigenvalue weighted by Crippen LogP contribution is 2.51. The molecule has 23 heavy (non-hydrogen) atoms. The van der Waals surface area contributed by atoms with Crippen LogP contribution in [0.3, 0.4) is 0 Å². The van der Waals surface area contributed by atoms with E-state index >= 15 is 0 Å². The molecule has 0 bridgehead atoms. The van der Waals surface area contributed by atoms with Gasteiger partial charge in [-0.2, -0.15) is 13.2 Å². The van der Waals surface area contributed by atoms with Gasteiger partial charge in [0, 0.05) is 12.1 Å². The minimum Gasteiger partial charge on any atom is -0.392 e. The van der Waals surface area contributed by atoms with Crippen LogP contribution in [0.1, 0.15) is 12.0 Å². The molecule has 1 aliphatic carbocycles. The lowest BCUT2D eigenvalue weighted by molar-refractivity contribution is -0.159. The molecule has 1 aromatic carbocycles. The fraction of sp³-hybridized carbons (Fsp3) is 0.438. The van der Waals surface area contributed by atoms with Gasteiger partial charge in [0.25, 0.3) is 0 Å². The molecule has 0 aromatic heterocycles. The molecule has 3 rings (SSSR count). The number of hydrogen-bond donors (Lipinski definition) is 2. The second-order valence-electron chi connectivity index (χ2n) is 5.95. The second-order valence-corrected chi connectivity index (χ2v) is 5.95. The smallest absolute Gasteiger partial charge is 0.392 e. The van der Waals surface area contributed by atoms with Crippen molar-refractivity contribution in [2.45, 2.75) is 31.2 Å². The zero-order valence-corrected chi connectivity index (χ0v) is 12.0. The monoisotopic (exact) mass is 329 g/mol. The van der Waals surface area contributed by atoms with Crippen molar-refractivity contribution in [1.82, 2.24) is 5.32 Å². The summed E-state index contributed by atoms with van der Waals surface area (Å²) in [6, 6.07) is 5.12. The van der Waals surface area contributed by atoms with Gasteiger partial charge in [-0.25, -0.2) is 4.39 Å². The number of benzene rings is 1. The molecule has 0 amide bonds. The number of alkyl halides is 3. The van der Waals surface area contributed by atoms with Gasteiger partial charge in [-0.3, -0.25) is 4.79 Å². The molecule has 124 valence electrons. The summed E-state index contributed by atoms with van der Waals surface area (Å²) < 4.78 is 50.7. The molecule has 1 aromatic rings. The van der Waals surface area contributed by atoms with Crippen LogP contribution in [0.15, 0.2) is 36.0 Å². The second kappa shape index (κ2) is 5.63. The van der Waals surface area contributed by atoms with Gasteiger partial charge in [-0.05, 0) is 24.1 Å². The topological polar surface area (TPSA) is 49.3 Å². The lowest BCUT2D eigenvalue weighted by atomic mass is 10.1. The summed E-state index contributed by atoms with van der Waals surface area (Å²) in [6.07, 6.45) is -3.69. The first-order valence-corrected chi connectivity index (χ1v) is 7.26. The Labute approximate surface area is 130 Å². The SMILES string of the molecule is O=C(C1CC=C(Cc2ccc(F)cc2)N1)C1C(O)C1C(F)(F)F. The number of ketones is 1. The summed E-state index contributed by atoms with van der Waals surface area (Å²) in [4.78, 5) is 12.1. The molecule has 1 aliphatic heterocycles. The van der Waals surface area contributed by atoms with E-state index in [1.54, 1.807) is 18.2 Å². The Hall–Kier alpha value is -1.89. The summed E-state index contributed by atoms with van der Waals surface area (Å²) in [6.45, 7) is 0. The third-order valence-corrected chi connectivity index (χ3v) is 4.30. The number of hydrogen-bond acceptors (Lipinski definition) is 3. The Morgan fingerprint density at radius 3 is 2.48 bits per heavy atom. The van der Waals surface area contributed by atoms with Crippen LogP contribution >= 0.6 is 0 Å². The van der Waals surface area contributed by atoms with Crippen LogP contribution in [0.25, 0.3) is 0 Å². The molecule has 4 atom stereocenters. The van der Waals surface area contributed by atoms with Crippen LogP contribution < -0.4 is 5.32 Å². The largest absolute Gasteiger partial charge is 0.395 e. The molecule has 0 saturated heterocycles. The lowest BCUT2D eigenvalue weighted by Gasteiger charge is -2.13. The van der Waals surface area contributed by atoms with Crippen molar-refractivity contribution in [3.63, 3.8) is 0 Å². The van der Waals surface area contributed by atoms with Crippen molar-refractivity contribution in [2.24, 2.45) is 11.8 Å². The number of Topliss-reactive ketones (excluding diaryl/α,β-unsaturated/α-hetero) is 1. The van der Waals surface area contributed by atoms with Crippen molar-refractivity contribution in [3.8, 4) is 0 Å². The van der Waals surface area contributed by atoms with Gasteiger partial charge in [-0.1, -0.05) is 18.2 Å². The molecule has 1 heterocycles. The Bertz CT molecular complexity index is 638. The quantitative estimate of drug-likeness (QED) is 0.834. The highest BCUT2D eigenvalue weighted by Gasteiger charge is 2.67. The fourth-order valence-corrected chi connectivity index (χ4v) is 3.00. The molecule has 2 N–H and O–H groups in total. The number of allylic oxidation sites excluding steroid dienone is 1. The third-order valence-electron chi connectivity index (χ3n) is 4.30. The van der Waals surface area contributed by atoms with Crippen molar-refractivity contribution < 1.29 is 27.5 Å². The molecule has 7 heteroatoms. The zero-order valence-electron chi connectivity index (χ0n) is 12.0. The van der Waals surface area contributed by atoms with E-state index < -0.39 is 35.9 Å². The summed E-state index contributed by atoms with van der Waals surface area (Å²) in [5, 5.41) is 12.3. The number of carbonyl (C=O) groups is 1. The molecular weight excluding hydrogens is 314 g/mol. The summed E-state index contributed by atoms with van der Waals surface area (Å²) in [7, 11) is 0. The van der Waals surface area contributed by atoms with E-state index in [1.165, 1.54) is 12.1 Å². The minimum absolute atomic E-state index is 0.295. The minimum atomic E-state index is -4.55. The van der Waals surface area contributed by atoms with E-state index in [0.29, 0.717) is 18.5 Å². The molecule has 4 unspecified atom stereocenters.